The van der Waals surface area contributed by atoms with Crippen molar-refractivity contribution in [1.82, 2.24) is 4.90 Å². The molecular formula is C19H25N3O2S. The van der Waals surface area contributed by atoms with E-state index in [2.05, 4.69) is 17.0 Å². The van der Waals surface area contributed by atoms with Gasteiger partial charge in [-0.25, -0.2) is 0 Å². The average Bonchev–Trinajstić information content (AvgIpc) is 2.64. The van der Waals surface area contributed by atoms with Gasteiger partial charge < -0.3 is 20.9 Å². The molecule has 0 bridgehead atoms. The fraction of sp³-hybridized carbons (Fsp3) is 0.368. The van der Waals surface area contributed by atoms with Crippen LogP contribution < -0.4 is 16.2 Å². The van der Waals surface area contributed by atoms with Gasteiger partial charge in [-0.05, 0) is 48.9 Å². The van der Waals surface area contributed by atoms with E-state index in [1.807, 2.05) is 30.3 Å². The summed E-state index contributed by atoms with van der Waals surface area (Å²) in [6, 6.07) is 13.9. The lowest BCUT2D eigenvalue weighted by Gasteiger charge is -2.26. The lowest BCUT2D eigenvalue weighted by atomic mass is 10.3. The number of nitrogens with two attached hydrogens (primary N) is 2. The summed E-state index contributed by atoms with van der Waals surface area (Å²) >= 11 is 1.66. The summed E-state index contributed by atoms with van der Waals surface area (Å²) in [6.07, 6.45) is 1.03. The molecule has 2 aromatic rings. The fourth-order valence-electron chi connectivity index (χ4n) is 2.66. The molecule has 0 unspecified atom stereocenters. The highest BCUT2D eigenvalue weighted by Gasteiger charge is 2.09. The molecule has 1 aliphatic heterocycles. The zero-order valence-corrected chi connectivity index (χ0v) is 15.1. The average molecular weight is 359 g/mol. The molecule has 25 heavy (non-hydrogen) atoms. The highest BCUT2D eigenvalue weighted by atomic mass is 32.2. The topological polar surface area (TPSA) is 73.7 Å². The van der Waals surface area contributed by atoms with Gasteiger partial charge in [0.15, 0.2) is 0 Å². The number of benzene rings is 2. The first-order chi connectivity index (χ1) is 12.2. The molecule has 0 atom stereocenters. The van der Waals surface area contributed by atoms with Crippen LogP contribution in [0.4, 0.5) is 11.4 Å². The minimum absolute atomic E-state index is 0.616. The standard InChI is InChI=1S/C19H25N3O2S/c20-18-7-6-17(14-19(18)21)25-16-4-2-15(3-5-16)24-11-1-8-22-9-12-23-13-10-22/h2-7,14H,1,8-13,20-21H2. The van der Waals surface area contributed by atoms with Gasteiger partial charge >= 0.3 is 0 Å². The smallest absolute Gasteiger partial charge is 0.119 e. The first-order valence-corrected chi connectivity index (χ1v) is 9.38. The second-order valence-corrected chi connectivity index (χ2v) is 7.17. The molecule has 0 aromatic heterocycles. The van der Waals surface area contributed by atoms with E-state index in [0.29, 0.717) is 11.4 Å². The van der Waals surface area contributed by atoms with Crippen molar-refractivity contribution in [3.8, 4) is 5.75 Å². The van der Waals surface area contributed by atoms with E-state index in [0.717, 1.165) is 61.4 Å². The molecule has 0 radical (unpaired) electrons. The van der Waals surface area contributed by atoms with Gasteiger partial charge in [-0.3, -0.25) is 4.90 Å². The summed E-state index contributed by atoms with van der Waals surface area (Å²) in [6.45, 7) is 5.55. The van der Waals surface area contributed by atoms with Gasteiger partial charge in [-0.15, -0.1) is 0 Å². The van der Waals surface area contributed by atoms with Crippen molar-refractivity contribution in [1.29, 1.82) is 0 Å². The summed E-state index contributed by atoms with van der Waals surface area (Å²) in [7, 11) is 0. The molecule has 134 valence electrons. The van der Waals surface area contributed by atoms with Gasteiger partial charge in [0.25, 0.3) is 0 Å². The number of nitrogen functional groups attached to an aromatic ring is 2. The number of rotatable bonds is 7. The molecule has 6 heteroatoms. The zero-order valence-electron chi connectivity index (χ0n) is 14.3. The predicted octanol–water partition coefficient (Wildman–Crippen LogP) is 3.10. The van der Waals surface area contributed by atoms with Crippen LogP contribution in [0.2, 0.25) is 0 Å². The molecule has 1 aliphatic rings. The molecular weight excluding hydrogens is 334 g/mol. The van der Waals surface area contributed by atoms with Crippen molar-refractivity contribution >= 4 is 23.1 Å². The normalized spacial score (nSPS) is 15.2. The van der Waals surface area contributed by atoms with Crippen LogP contribution >= 0.6 is 11.8 Å². The van der Waals surface area contributed by atoms with Crippen LogP contribution in [0.3, 0.4) is 0 Å². The summed E-state index contributed by atoms with van der Waals surface area (Å²) in [5.74, 6) is 0.906. The van der Waals surface area contributed by atoms with Gasteiger partial charge in [-0.2, -0.15) is 0 Å². The van der Waals surface area contributed by atoms with Crippen LogP contribution in [0.1, 0.15) is 6.42 Å². The first-order valence-electron chi connectivity index (χ1n) is 8.56. The summed E-state index contributed by atoms with van der Waals surface area (Å²) in [4.78, 5) is 4.64. The van der Waals surface area contributed by atoms with Crippen molar-refractivity contribution in [2.24, 2.45) is 0 Å². The minimum Gasteiger partial charge on any atom is -0.494 e. The molecule has 1 heterocycles. The summed E-state index contributed by atoms with van der Waals surface area (Å²) in [5.41, 5.74) is 12.8. The Bertz CT molecular complexity index is 673. The number of hydrogen-bond donors (Lipinski definition) is 2. The van der Waals surface area contributed by atoms with Crippen molar-refractivity contribution < 1.29 is 9.47 Å². The second-order valence-electron chi connectivity index (χ2n) is 6.02. The van der Waals surface area contributed by atoms with Crippen molar-refractivity contribution in [2.75, 3.05) is 50.9 Å². The van der Waals surface area contributed by atoms with Crippen LogP contribution in [0.5, 0.6) is 5.75 Å². The molecule has 0 saturated carbocycles. The third kappa shape index (κ3) is 5.56. The van der Waals surface area contributed by atoms with Crippen LogP contribution in [-0.4, -0.2) is 44.4 Å². The number of hydrogen-bond acceptors (Lipinski definition) is 6. The largest absolute Gasteiger partial charge is 0.494 e. The lowest BCUT2D eigenvalue weighted by molar-refractivity contribution is 0.0358. The SMILES string of the molecule is Nc1ccc(Sc2ccc(OCCCN3CCOCC3)cc2)cc1N. The van der Waals surface area contributed by atoms with E-state index in [9.17, 15) is 0 Å². The van der Waals surface area contributed by atoms with Crippen LogP contribution in [-0.2, 0) is 4.74 Å². The molecule has 4 N–H and O–H groups in total. The summed E-state index contributed by atoms with van der Waals surface area (Å²) in [5, 5.41) is 0. The van der Waals surface area contributed by atoms with Gasteiger partial charge in [0.05, 0.1) is 31.2 Å². The predicted molar refractivity (Wildman–Crippen MR) is 103 cm³/mol. The number of ether oxygens (including phenoxy) is 2. The highest BCUT2D eigenvalue weighted by molar-refractivity contribution is 7.99. The monoisotopic (exact) mass is 359 g/mol. The highest BCUT2D eigenvalue weighted by Crippen LogP contribution is 2.31. The van der Waals surface area contributed by atoms with E-state index < -0.39 is 0 Å². The van der Waals surface area contributed by atoms with Gasteiger partial charge in [0.2, 0.25) is 0 Å². The molecule has 0 spiro atoms. The van der Waals surface area contributed by atoms with Gasteiger partial charge in [0, 0.05) is 29.4 Å². The van der Waals surface area contributed by atoms with E-state index in [1.165, 1.54) is 0 Å². The second kappa shape index (κ2) is 8.99. The molecule has 2 aromatic carbocycles. The Morgan fingerprint density at radius 1 is 0.960 bits per heavy atom. The maximum absolute atomic E-state index is 5.85. The van der Waals surface area contributed by atoms with Crippen molar-refractivity contribution in [2.45, 2.75) is 16.2 Å². The van der Waals surface area contributed by atoms with Crippen molar-refractivity contribution in [3.05, 3.63) is 42.5 Å². The third-order valence-electron chi connectivity index (χ3n) is 4.11. The maximum atomic E-state index is 5.85. The van der Waals surface area contributed by atoms with Crippen LogP contribution in [0, 0.1) is 0 Å². The summed E-state index contributed by atoms with van der Waals surface area (Å²) < 4.78 is 11.2. The minimum atomic E-state index is 0.616. The first kappa shape index (κ1) is 17.9. The number of anilines is 2. The molecule has 0 amide bonds. The molecule has 5 nitrogen and oxygen atoms in total. The third-order valence-corrected chi connectivity index (χ3v) is 5.11. The molecule has 0 aliphatic carbocycles. The Labute approximate surface area is 153 Å². The van der Waals surface area contributed by atoms with Crippen molar-refractivity contribution in [3.63, 3.8) is 0 Å². The van der Waals surface area contributed by atoms with E-state index in [1.54, 1.807) is 11.8 Å². The quantitative estimate of drug-likeness (QED) is 0.584. The molecule has 1 saturated heterocycles. The van der Waals surface area contributed by atoms with Crippen LogP contribution in [0.15, 0.2) is 52.3 Å². The van der Waals surface area contributed by atoms with E-state index in [4.69, 9.17) is 20.9 Å². The fourth-order valence-corrected chi connectivity index (χ4v) is 3.53. The Morgan fingerprint density at radius 3 is 2.40 bits per heavy atom. The number of nitrogens with zero attached hydrogens (tertiary/aromatic N) is 1. The Balaban J connectivity index is 1.42. The zero-order chi connectivity index (χ0) is 17.5. The Morgan fingerprint density at radius 2 is 1.68 bits per heavy atom. The van der Waals surface area contributed by atoms with E-state index in [-0.39, 0.29) is 0 Å². The molecule has 3 rings (SSSR count). The number of morpholine rings is 1. The maximum Gasteiger partial charge on any atom is 0.119 e. The Kier molecular flexibility index (Phi) is 6.44. The van der Waals surface area contributed by atoms with Gasteiger partial charge in [0.1, 0.15) is 5.75 Å². The Hall–Kier alpha value is -1.89. The lowest BCUT2D eigenvalue weighted by Crippen LogP contribution is -2.37. The van der Waals surface area contributed by atoms with E-state index >= 15 is 0 Å². The molecule has 1 fully saturated rings. The van der Waals surface area contributed by atoms with Gasteiger partial charge in [-0.1, -0.05) is 11.8 Å². The van der Waals surface area contributed by atoms with Crippen LogP contribution in [0.25, 0.3) is 0 Å².